The summed E-state index contributed by atoms with van der Waals surface area (Å²) in [5, 5.41) is 0. The van der Waals surface area contributed by atoms with Gasteiger partial charge in [0.1, 0.15) is 18.1 Å². The van der Waals surface area contributed by atoms with Gasteiger partial charge in [-0.2, -0.15) is 0 Å². The lowest BCUT2D eigenvalue weighted by molar-refractivity contribution is -0.118. The third-order valence-electron chi connectivity index (χ3n) is 2.74. The molecule has 0 radical (unpaired) electrons. The van der Waals surface area contributed by atoms with E-state index >= 15 is 0 Å². The Kier molecular flexibility index (Phi) is 4.41. The Morgan fingerprint density at radius 1 is 0.950 bits per heavy atom. The molecule has 3 nitrogen and oxygen atoms in total. The van der Waals surface area contributed by atoms with Crippen molar-refractivity contribution in [3.05, 3.63) is 60.2 Å². The van der Waals surface area contributed by atoms with E-state index in [0.29, 0.717) is 12.4 Å². The molecule has 0 aliphatic heterocycles. The predicted octanol–water partition coefficient (Wildman–Crippen LogP) is 3.62. The van der Waals surface area contributed by atoms with E-state index in [-0.39, 0.29) is 0 Å². The number of hydrogen-bond donors (Lipinski definition) is 0. The van der Waals surface area contributed by atoms with Crippen molar-refractivity contribution in [3.63, 3.8) is 0 Å². The number of benzene rings is 2. The van der Waals surface area contributed by atoms with Crippen molar-refractivity contribution in [1.82, 2.24) is 0 Å². The van der Waals surface area contributed by atoms with Gasteiger partial charge in [0, 0.05) is 0 Å². The van der Waals surface area contributed by atoms with Crippen LogP contribution in [0, 0.1) is 0 Å². The van der Waals surface area contributed by atoms with Crippen LogP contribution in [0.4, 0.5) is 0 Å². The molecule has 0 N–H and O–H groups in total. The van der Waals surface area contributed by atoms with E-state index in [1.54, 1.807) is 26.0 Å². The fourth-order valence-corrected chi connectivity index (χ4v) is 1.67. The smallest absolute Gasteiger partial charge is 0.162 e. The van der Waals surface area contributed by atoms with Gasteiger partial charge in [0.15, 0.2) is 11.9 Å². The summed E-state index contributed by atoms with van der Waals surface area (Å²) in [6, 6.07) is 17.2. The van der Waals surface area contributed by atoms with Crippen LogP contribution < -0.4 is 9.47 Å². The summed E-state index contributed by atoms with van der Waals surface area (Å²) >= 11 is 0. The highest BCUT2D eigenvalue weighted by molar-refractivity contribution is 5.61. The fraction of sp³-hybridized carbons (Fsp3) is 0.235. The highest BCUT2D eigenvalue weighted by Crippen LogP contribution is 2.21. The van der Waals surface area contributed by atoms with Crippen LogP contribution in [0.1, 0.15) is 19.4 Å². The largest absolute Gasteiger partial charge is 0.489 e. The van der Waals surface area contributed by atoms with Crippen LogP contribution in [0.3, 0.4) is 0 Å². The molecule has 2 aromatic rings. The summed E-state index contributed by atoms with van der Waals surface area (Å²) in [6.45, 7) is 3.97. The van der Waals surface area contributed by atoms with E-state index in [4.69, 9.17) is 9.47 Å². The van der Waals surface area contributed by atoms with E-state index in [9.17, 15) is 4.79 Å². The molecule has 0 saturated heterocycles. The minimum Gasteiger partial charge on any atom is -0.489 e. The molecular weight excluding hydrogens is 252 g/mol. The number of aldehydes is 1. The zero-order chi connectivity index (χ0) is 14.4. The maximum absolute atomic E-state index is 10.8. The Bertz CT molecular complexity index is 544. The molecule has 0 aliphatic rings. The van der Waals surface area contributed by atoms with Gasteiger partial charge in [-0.15, -0.1) is 0 Å². The average molecular weight is 270 g/mol. The maximum Gasteiger partial charge on any atom is 0.162 e. The highest BCUT2D eigenvalue weighted by atomic mass is 16.5. The van der Waals surface area contributed by atoms with Crippen LogP contribution in [0.25, 0.3) is 0 Å². The molecule has 2 aromatic carbocycles. The molecule has 0 aliphatic carbocycles. The van der Waals surface area contributed by atoms with Crippen LogP contribution in [0.15, 0.2) is 54.6 Å². The number of ether oxygens (including phenoxy) is 2. The summed E-state index contributed by atoms with van der Waals surface area (Å²) in [4.78, 5) is 10.8. The van der Waals surface area contributed by atoms with Crippen molar-refractivity contribution >= 4 is 6.29 Å². The topological polar surface area (TPSA) is 35.5 Å². The molecule has 0 saturated carbocycles. The van der Waals surface area contributed by atoms with Crippen molar-refractivity contribution in [2.24, 2.45) is 0 Å². The van der Waals surface area contributed by atoms with Crippen LogP contribution >= 0.6 is 0 Å². The molecule has 0 heterocycles. The summed E-state index contributed by atoms with van der Waals surface area (Å²) in [5.74, 6) is 1.42. The molecule has 20 heavy (non-hydrogen) atoms. The minimum absolute atomic E-state index is 0.529. The Morgan fingerprint density at radius 2 is 1.55 bits per heavy atom. The fourth-order valence-electron chi connectivity index (χ4n) is 1.67. The normalized spacial score (nSPS) is 10.9. The number of rotatable bonds is 6. The van der Waals surface area contributed by atoms with Crippen molar-refractivity contribution < 1.29 is 14.3 Å². The Labute approximate surface area is 119 Å². The van der Waals surface area contributed by atoms with Gasteiger partial charge in [0.2, 0.25) is 0 Å². The molecule has 0 amide bonds. The first-order chi connectivity index (χ1) is 9.59. The highest BCUT2D eigenvalue weighted by Gasteiger charge is 2.17. The lowest BCUT2D eigenvalue weighted by Crippen LogP contribution is -2.29. The van der Waals surface area contributed by atoms with Crippen molar-refractivity contribution in [1.29, 1.82) is 0 Å². The number of carbonyl (C=O) groups excluding carboxylic acids is 1. The first kappa shape index (κ1) is 14.1. The van der Waals surface area contributed by atoms with Crippen LogP contribution in [0.5, 0.6) is 11.5 Å². The Hall–Kier alpha value is -2.29. The summed E-state index contributed by atoms with van der Waals surface area (Å²) in [7, 11) is 0. The number of carbonyl (C=O) groups is 1. The van der Waals surface area contributed by atoms with Crippen LogP contribution in [0.2, 0.25) is 0 Å². The first-order valence-electron chi connectivity index (χ1n) is 6.51. The second-order valence-corrected chi connectivity index (χ2v) is 5.07. The standard InChI is InChI=1S/C17H18O3/c1-17(2,13-18)20-16-10-8-15(9-11-16)19-12-14-6-4-3-5-7-14/h3-11,13H,12H2,1-2H3. The molecule has 0 spiro atoms. The Morgan fingerprint density at radius 3 is 2.15 bits per heavy atom. The lowest BCUT2D eigenvalue weighted by atomic mass is 10.2. The van der Waals surface area contributed by atoms with E-state index in [0.717, 1.165) is 17.6 Å². The average Bonchev–Trinajstić information content (AvgIpc) is 2.47. The summed E-state index contributed by atoms with van der Waals surface area (Å²) < 4.78 is 11.2. The monoisotopic (exact) mass is 270 g/mol. The van der Waals surface area contributed by atoms with Crippen molar-refractivity contribution in [3.8, 4) is 11.5 Å². The quantitative estimate of drug-likeness (QED) is 0.752. The van der Waals surface area contributed by atoms with Crippen LogP contribution in [-0.4, -0.2) is 11.9 Å². The molecule has 3 heteroatoms. The SMILES string of the molecule is CC(C)(C=O)Oc1ccc(OCc2ccccc2)cc1. The molecule has 0 atom stereocenters. The molecule has 0 bridgehead atoms. The van der Waals surface area contributed by atoms with Gasteiger partial charge < -0.3 is 9.47 Å². The van der Waals surface area contributed by atoms with Crippen LogP contribution in [-0.2, 0) is 11.4 Å². The van der Waals surface area contributed by atoms with Crippen molar-refractivity contribution in [2.45, 2.75) is 26.1 Å². The molecule has 0 fully saturated rings. The van der Waals surface area contributed by atoms with E-state index in [1.807, 2.05) is 42.5 Å². The van der Waals surface area contributed by atoms with Gasteiger partial charge in [0.05, 0.1) is 0 Å². The van der Waals surface area contributed by atoms with E-state index < -0.39 is 5.60 Å². The third kappa shape index (κ3) is 4.12. The summed E-state index contributed by atoms with van der Waals surface area (Å²) in [6.07, 6.45) is 0.785. The molecule has 104 valence electrons. The molecule has 0 unspecified atom stereocenters. The van der Waals surface area contributed by atoms with Crippen molar-refractivity contribution in [2.75, 3.05) is 0 Å². The zero-order valence-corrected chi connectivity index (χ0v) is 11.7. The van der Waals surface area contributed by atoms with Gasteiger partial charge in [-0.1, -0.05) is 30.3 Å². The van der Waals surface area contributed by atoms with Gasteiger partial charge >= 0.3 is 0 Å². The van der Waals surface area contributed by atoms with Gasteiger partial charge in [0.25, 0.3) is 0 Å². The Balaban J connectivity index is 1.93. The predicted molar refractivity (Wildman–Crippen MR) is 78.0 cm³/mol. The lowest BCUT2D eigenvalue weighted by Gasteiger charge is -2.19. The van der Waals surface area contributed by atoms with Gasteiger partial charge in [-0.05, 0) is 43.7 Å². The molecular formula is C17H18O3. The maximum atomic E-state index is 10.8. The second kappa shape index (κ2) is 6.24. The third-order valence-corrected chi connectivity index (χ3v) is 2.74. The summed E-state index contributed by atoms with van der Waals surface area (Å²) in [5.41, 5.74) is 0.307. The zero-order valence-electron chi connectivity index (χ0n) is 11.7. The van der Waals surface area contributed by atoms with E-state index in [1.165, 1.54) is 0 Å². The number of hydrogen-bond acceptors (Lipinski definition) is 3. The molecule has 2 rings (SSSR count). The van der Waals surface area contributed by atoms with Gasteiger partial charge in [-0.25, -0.2) is 0 Å². The first-order valence-corrected chi connectivity index (χ1v) is 6.51. The molecule has 0 aromatic heterocycles. The van der Waals surface area contributed by atoms with E-state index in [2.05, 4.69) is 0 Å². The second-order valence-electron chi connectivity index (χ2n) is 5.07. The van der Waals surface area contributed by atoms with Gasteiger partial charge in [-0.3, -0.25) is 4.79 Å². The minimum atomic E-state index is -0.813.